The monoisotopic (exact) mass is 869 g/mol. The molecule has 3 aliphatic rings. The van der Waals surface area contributed by atoms with Crippen LogP contribution in [-0.2, 0) is 49.4 Å². The Balaban J connectivity index is 1.82. The summed E-state index contributed by atoms with van der Waals surface area (Å²) in [6, 6.07) is 9.22. The standard InChI is InChI=1S/C45H76N2O14/c1-14-33-45(10,53)38(49)27(4)35(46-56-24-55-23-31-18-16-15-17-19-31)25(2)21-43(8,52)40(61-42-36(48)32(47(11)12)20-26(3)57-42)28(5)37(29(6)41(51)59-33)60-34-22-44(9,54-13)39(50)30(7)58-34/h15-19,25-30,32-34,36-40,42,48-50,52-53H,14,20-24H2,1-13H3/b46-35+/t25-,26-,27+,28+,29-,30+,32+,33-,34+,36-,37+,38-,39+,40-,42+,43-,44-,45-/m1/s1. The summed E-state index contributed by atoms with van der Waals surface area (Å²) in [5.74, 6) is -4.15. The van der Waals surface area contributed by atoms with Crippen molar-refractivity contribution in [2.24, 2.45) is 28.8 Å². The van der Waals surface area contributed by atoms with E-state index in [4.69, 9.17) is 38.0 Å². The molecule has 0 bridgehead atoms. The van der Waals surface area contributed by atoms with Crippen molar-refractivity contribution in [2.75, 3.05) is 28.0 Å². The van der Waals surface area contributed by atoms with Crippen molar-refractivity contribution in [1.29, 1.82) is 0 Å². The molecule has 3 fully saturated rings. The Morgan fingerprint density at radius 3 is 2.16 bits per heavy atom. The number of oxime groups is 1. The van der Waals surface area contributed by atoms with Gasteiger partial charge in [-0.3, -0.25) is 4.79 Å². The number of ether oxygens (including phenoxy) is 7. The average molecular weight is 869 g/mol. The number of esters is 1. The number of aliphatic hydroxyl groups excluding tert-OH is 3. The SMILES string of the molecule is CC[C@H]1OC(=O)[C@H](C)[C@@H](O[C@H]2C[C@@](C)(OC)[C@@H](O)[C@H](C)O2)[C@H](C)[C@@H](O[C@@H]2O[C@H](C)C[C@H](N(C)C)[C@H]2O)[C@](C)(O)C[C@@H](C)/C(=N\OCOCc2ccccc2)[C@H](C)[C@@H](O)[C@]1(C)O. The second kappa shape index (κ2) is 21.6. The molecule has 0 aromatic heterocycles. The average Bonchev–Trinajstić information content (AvgIpc) is 3.20. The minimum absolute atomic E-state index is 0.0303. The second-order valence-electron chi connectivity index (χ2n) is 18.7. The molecular weight excluding hydrogens is 792 g/mol. The van der Waals surface area contributed by atoms with E-state index in [0.29, 0.717) is 12.1 Å². The fourth-order valence-electron chi connectivity index (χ4n) is 9.47. The Hall–Kier alpha value is -2.32. The fraction of sp³-hybridized carbons (Fsp3) is 0.822. The van der Waals surface area contributed by atoms with Crippen LogP contribution in [0.4, 0.5) is 0 Å². The number of carbonyl (C=O) groups excluding carboxylic acids is 1. The summed E-state index contributed by atoms with van der Waals surface area (Å²) in [6.07, 6.45) is -9.52. The molecule has 1 aromatic rings. The summed E-state index contributed by atoms with van der Waals surface area (Å²) in [7, 11) is 5.23. The number of cyclic esters (lactones) is 1. The largest absolute Gasteiger partial charge is 0.459 e. The molecule has 0 radical (unpaired) electrons. The lowest BCUT2D eigenvalue weighted by Gasteiger charge is -2.49. The van der Waals surface area contributed by atoms with Crippen LogP contribution < -0.4 is 0 Å². The normalized spacial score (nSPS) is 44.1. The third-order valence-corrected chi connectivity index (χ3v) is 13.3. The summed E-state index contributed by atoms with van der Waals surface area (Å²) < 4.78 is 43.5. The van der Waals surface area contributed by atoms with Gasteiger partial charge in [0.1, 0.15) is 23.9 Å². The maximum atomic E-state index is 14.4. The molecule has 0 saturated carbocycles. The van der Waals surface area contributed by atoms with Crippen LogP contribution in [0.3, 0.4) is 0 Å². The molecule has 16 nitrogen and oxygen atoms in total. The Labute approximate surface area is 362 Å². The third-order valence-electron chi connectivity index (χ3n) is 13.3. The van der Waals surface area contributed by atoms with Gasteiger partial charge in [0.25, 0.3) is 0 Å². The Morgan fingerprint density at radius 2 is 1.56 bits per heavy atom. The number of carbonyl (C=O) groups is 1. The van der Waals surface area contributed by atoms with E-state index in [0.717, 1.165) is 5.56 Å². The molecule has 5 N–H and O–H groups in total. The van der Waals surface area contributed by atoms with E-state index in [-0.39, 0.29) is 44.8 Å². The first kappa shape index (κ1) is 51.3. The van der Waals surface area contributed by atoms with Gasteiger partial charge in [0.15, 0.2) is 12.6 Å². The minimum Gasteiger partial charge on any atom is -0.459 e. The minimum atomic E-state index is -1.97. The lowest BCUT2D eigenvalue weighted by molar-refractivity contribution is -0.317. The zero-order chi connectivity index (χ0) is 45.6. The van der Waals surface area contributed by atoms with E-state index >= 15 is 0 Å². The van der Waals surface area contributed by atoms with Gasteiger partial charge in [0, 0.05) is 37.3 Å². The molecule has 0 spiro atoms. The Kier molecular flexibility index (Phi) is 18.1. The van der Waals surface area contributed by atoms with Crippen molar-refractivity contribution in [2.45, 2.75) is 186 Å². The molecule has 350 valence electrons. The van der Waals surface area contributed by atoms with Crippen LogP contribution in [0.2, 0.25) is 0 Å². The van der Waals surface area contributed by atoms with Crippen molar-refractivity contribution in [3.05, 3.63) is 35.9 Å². The first-order chi connectivity index (χ1) is 28.5. The van der Waals surface area contributed by atoms with E-state index < -0.39 is 102 Å². The molecule has 3 aliphatic heterocycles. The van der Waals surface area contributed by atoms with Crippen LogP contribution in [0.15, 0.2) is 35.5 Å². The van der Waals surface area contributed by atoms with Crippen molar-refractivity contribution in [3.63, 3.8) is 0 Å². The molecule has 0 amide bonds. The summed E-state index contributed by atoms with van der Waals surface area (Å²) in [5, 5.41) is 64.0. The highest BCUT2D eigenvalue weighted by Gasteiger charge is 2.53. The molecule has 18 atom stereocenters. The van der Waals surface area contributed by atoms with Crippen LogP contribution in [-0.4, -0.2) is 154 Å². The predicted molar refractivity (Wildman–Crippen MR) is 226 cm³/mol. The van der Waals surface area contributed by atoms with E-state index in [1.807, 2.05) is 63.2 Å². The summed E-state index contributed by atoms with van der Waals surface area (Å²) >= 11 is 0. The number of hydrogen-bond donors (Lipinski definition) is 5. The lowest BCUT2D eigenvalue weighted by Crippen LogP contribution is -2.61. The molecular formula is C45H76N2O14. The zero-order valence-corrected chi connectivity index (χ0v) is 38.6. The number of methoxy groups -OCH3 is 1. The van der Waals surface area contributed by atoms with Gasteiger partial charge in [-0.1, -0.05) is 63.2 Å². The van der Waals surface area contributed by atoms with Crippen molar-refractivity contribution >= 4 is 11.7 Å². The quantitative estimate of drug-likeness (QED) is 0.0878. The molecule has 0 unspecified atom stereocenters. The van der Waals surface area contributed by atoms with Crippen LogP contribution in [0.1, 0.15) is 100 Å². The number of likely N-dealkylation sites (N-methyl/N-ethyl adjacent to an activating group) is 1. The summed E-state index contributed by atoms with van der Waals surface area (Å²) in [5.41, 5.74) is -3.56. The van der Waals surface area contributed by atoms with Crippen LogP contribution in [0, 0.1) is 23.7 Å². The highest BCUT2D eigenvalue weighted by molar-refractivity contribution is 5.88. The van der Waals surface area contributed by atoms with Gasteiger partial charge < -0.3 is 68.4 Å². The molecule has 61 heavy (non-hydrogen) atoms. The molecule has 3 saturated heterocycles. The van der Waals surface area contributed by atoms with Gasteiger partial charge in [0.2, 0.25) is 6.79 Å². The molecule has 3 heterocycles. The molecule has 4 rings (SSSR count). The number of aliphatic hydroxyl groups is 5. The second-order valence-corrected chi connectivity index (χ2v) is 18.7. The maximum absolute atomic E-state index is 14.4. The number of rotatable bonds is 12. The van der Waals surface area contributed by atoms with Gasteiger partial charge in [-0.25, -0.2) is 0 Å². The predicted octanol–water partition coefficient (Wildman–Crippen LogP) is 3.76. The van der Waals surface area contributed by atoms with Gasteiger partial charge in [0.05, 0.1) is 60.0 Å². The zero-order valence-electron chi connectivity index (χ0n) is 38.6. The van der Waals surface area contributed by atoms with E-state index in [9.17, 15) is 30.3 Å². The smallest absolute Gasteiger partial charge is 0.311 e. The van der Waals surface area contributed by atoms with E-state index in [1.165, 1.54) is 14.0 Å². The van der Waals surface area contributed by atoms with E-state index in [2.05, 4.69) is 5.16 Å². The van der Waals surface area contributed by atoms with Crippen molar-refractivity contribution < 1.29 is 68.3 Å². The lowest BCUT2D eigenvalue weighted by atomic mass is 9.73. The summed E-state index contributed by atoms with van der Waals surface area (Å²) in [4.78, 5) is 22.0. The first-order valence-corrected chi connectivity index (χ1v) is 21.8. The maximum Gasteiger partial charge on any atom is 0.311 e. The van der Waals surface area contributed by atoms with Gasteiger partial charge in [-0.15, -0.1) is 0 Å². The summed E-state index contributed by atoms with van der Waals surface area (Å²) in [6.45, 7) is 17.1. The topological polar surface area (TPSA) is 208 Å². The highest BCUT2D eigenvalue weighted by Crippen LogP contribution is 2.41. The molecule has 0 aliphatic carbocycles. The Morgan fingerprint density at radius 1 is 0.902 bits per heavy atom. The van der Waals surface area contributed by atoms with Gasteiger partial charge >= 0.3 is 5.97 Å². The van der Waals surface area contributed by atoms with Crippen LogP contribution in [0.5, 0.6) is 0 Å². The van der Waals surface area contributed by atoms with Crippen molar-refractivity contribution in [1.82, 2.24) is 4.90 Å². The fourth-order valence-corrected chi connectivity index (χ4v) is 9.47. The number of nitrogens with zero attached hydrogens (tertiary/aromatic N) is 2. The van der Waals surface area contributed by atoms with Crippen LogP contribution in [0.25, 0.3) is 0 Å². The van der Waals surface area contributed by atoms with Crippen molar-refractivity contribution in [3.8, 4) is 0 Å². The van der Waals surface area contributed by atoms with E-state index in [1.54, 1.807) is 48.5 Å². The third kappa shape index (κ3) is 12.3. The van der Waals surface area contributed by atoms with Crippen LogP contribution >= 0.6 is 0 Å². The molecule has 1 aromatic carbocycles. The van der Waals surface area contributed by atoms with Gasteiger partial charge in [-0.2, -0.15) is 0 Å². The number of benzene rings is 1. The molecule has 16 heteroatoms. The highest BCUT2D eigenvalue weighted by atomic mass is 16.7. The Bertz CT molecular complexity index is 1550. The number of hydrogen-bond acceptors (Lipinski definition) is 16. The van der Waals surface area contributed by atoms with Gasteiger partial charge in [-0.05, 0) is 80.5 Å². The first-order valence-electron chi connectivity index (χ1n) is 21.8.